The number of hydrogen-bond donors (Lipinski definition) is 2. The fraction of sp³-hybridized carbons (Fsp3) is 0.167. The lowest BCUT2D eigenvalue weighted by Gasteiger charge is -2.12. The van der Waals surface area contributed by atoms with Gasteiger partial charge in [0, 0.05) is 7.05 Å². The predicted molar refractivity (Wildman–Crippen MR) is 65.5 cm³/mol. The van der Waals surface area contributed by atoms with E-state index in [4.69, 9.17) is 0 Å². The zero-order valence-electron chi connectivity index (χ0n) is 10.5. The maximum absolute atomic E-state index is 11.9. The van der Waals surface area contributed by atoms with Crippen molar-refractivity contribution in [3.63, 3.8) is 0 Å². The molecule has 0 bridgehead atoms. The van der Waals surface area contributed by atoms with E-state index in [1.165, 1.54) is 19.2 Å². The van der Waals surface area contributed by atoms with Gasteiger partial charge in [0.05, 0.1) is 11.1 Å². The molecule has 0 unspecified atom stereocenters. The van der Waals surface area contributed by atoms with Crippen molar-refractivity contribution < 1.29 is 24.0 Å². The molecule has 0 spiro atoms. The van der Waals surface area contributed by atoms with E-state index in [1.807, 2.05) is 0 Å². The van der Waals surface area contributed by atoms with Gasteiger partial charge in [0.2, 0.25) is 0 Å². The molecule has 20 heavy (non-hydrogen) atoms. The van der Waals surface area contributed by atoms with Crippen molar-refractivity contribution in [3.05, 3.63) is 35.4 Å². The number of rotatable bonds is 3. The Morgan fingerprint density at radius 1 is 1.15 bits per heavy atom. The van der Waals surface area contributed by atoms with Gasteiger partial charge in [-0.15, -0.1) is 0 Å². The van der Waals surface area contributed by atoms with Crippen molar-refractivity contribution in [3.8, 4) is 0 Å². The van der Waals surface area contributed by atoms with E-state index in [1.54, 1.807) is 12.1 Å². The van der Waals surface area contributed by atoms with E-state index in [9.17, 15) is 19.2 Å². The second kappa shape index (κ2) is 5.39. The zero-order chi connectivity index (χ0) is 14.7. The van der Waals surface area contributed by atoms with Gasteiger partial charge in [-0.3, -0.25) is 9.59 Å². The van der Waals surface area contributed by atoms with Gasteiger partial charge in [-0.2, -0.15) is 0 Å². The van der Waals surface area contributed by atoms with Crippen LogP contribution >= 0.6 is 0 Å². The maximum Gasteiger partial charge on any atom is 0.352 e. The van der Waals surface area contributed by atoms with Crippen LogP contribution in [0.25, 0.3) is 0 Å². The van der Waals surface area contributed by atoms with Crippen molar-refractivity contribution in [1.82, 2.24) is 15.7 Å². The Bertz CT molecular complexity index is 564. The number of nitrogens with zero attached hydrogens (tertiary/aromatic N) is 1. The lowest BCUT2D eigenvalue weighted by molar-refractivity contribution is -0.167. The first-order chi connectivity index (χ1) is 9.54. The molecule has 2 N–H and O–H groups in total. The van der Waals surface area contributed by atoms with Gasteiger partial charge in [0.25, 0.3) is 11.8 Å². The van der Waals surface area contributed by atoms with Crippen molar-refractivity contribution >= 4 is 23.8 Å². The van der Waals surface area contributed by atoms with E-state index in [-0.39, 0.29) is 11.1 Å². The summed E-state index contributed by atoms with van der Waals surface area (Å²) in [4.78, 5) is 50.7. The average Bonchev–Trinajstić information content (AvgIpc) is 2.70. The summed E-state index contributed by atoms with van der Waals surface area (Å²) >= 11 is 0. The average molecular weight is 277 g/mol. The first kappa shape index (κ1) is 13.5. The third-order valence-electron chi connectivity index (χ3n) is 2.57. The first-order valence-corrected chi connectivity index (χ1v) is 5.68. The van der Waals surface area contributed by atoms with Crippen molar-refractivity contribution in [2.24, 2.45) is 0 Å². The van der Waals surface area contributed by atoms with Gasteiger partial charge in [-0.1, -0.05) is 17.2 Å². The Balaban J connectivity index is 2.02. The highest BCUT2D eigenvalue weighted by Gasteiger charge is 2.38. The van der Waals surface area contributed by atoms with Gasteiger partial charge >= 0.3 is 12.0 Å². The second-order valence-corrected chi connectivity index (χ2v) is 3.85. The molecule has 0 saturated heterocycles. The number of imide groups is 1. The highest BCUT2D eigenvalue weighted by molar-refractivity contribution is 6.20. The normalized spacial score (nSPS) is 12.9. The van der Waals surface area contributed by atoms with Gasteiger partial charge in [0.1, 0.15) is 6.54 Å². The molecule has 8 nitrogen and oxygen atoms in total. The fourth-order valence-corrected chi connectivity index (χ4v) is 1.62. The molecule has 4 amide bonds. The third kappa shape index (κ3) is 2.44. The Hall–Kier alpha value is -2.90. The molecule has 0 aromatic heterocycles. The smallest absolute Gasteiger partial charge is 0.341 e. The lowest BCUT2D eigenvalue weighted by atomic mass is 10.1. The van der Waals surface area contributed by atoms with Crippen LogP contribution in [0.3, 0.4) is 0 Å². The molecule has 2 rings (SSSR count). The molecular weight excluding hydrogens is 266 g/mol. The van der Waals surface area contributed by atoms with Crippen LogP contribution in [-0.2, 0) is 9.63 Å². The van der Waals surface area contributed by atoms with Crippen LogP contribution in [0.15, 0.2) is 24.3 Å². The van der Waals surface area contributed by atoms with Crippen molar-refractivity contribution in [1.29, 1.82) is 0 Å². The van der Waals surface area contributed by atoms with Crippen LogP contribution in [0.4, 0.5) is 4.79 Å². The summed E-state index contributed by atoms with van der Waals surface area (Å²) in [6, 6.07) is 5.55. The number of carbonyl (C=O) groups is 4. The summed E-state index contributed by atoms with van der Waals surface area (Å²) in [5.74, 6) is -2.35. The van der Waals surface area contributed by atoms with Gasteiger partial charge < -0.3 is 15.5 Å². The molecular formula is C12H11N3O5. The fourth-order valence-electron chi connectivity index (χ4n) is 1.62. The largest absolute Gasteiger partial charge is 0.352 e. The zero-order valence-corrected chi connectivity index (χ0v) is 10.5. The Morgan fingerprint density at radius 2 is 1.70 bits per heavy atom. The maximum atomic E-state index is 11.9. The highest BCUT2D eigenvalue weighted by Crippen LogP contribution is 2.22. The van der Waals surface area contributed by atoms with Gasteiger partial charge in [0.15, 0.2) is 0 Å². The van der Waals surface area contributed by atoms with E-state index < -0.39 is 30.4 Å². The summed E-state index contributed by atoms with van der Waals surface area (Å²) in [5.41, 5.74) is 0.342. The summed E-state index contributed by atoms with van der Waals surface area (Å²) in [6.45, 7) is -0.465. The molecule has 0 fully saturated rings. The molecule has 8 heteroatoms. The number of fused-ring (bicyclic) bond motifs is 1. The molecule has 0 aliphatic carbocycles. The number of amides is 4. The molecule has 1 heterocycles. The Morgan fingerprint density at radius 3 is 2.20 bits per heavy atom. The number of hydroxylamine groups is 2. The SMILES string of the molecule is CNC(=O)NCC(=O)ON1C(=O)c2ccccc2C1=O. The standard InChI is InChI=1S/C12H11N3O5/c1-13-12(19)14-6-9(16)20-15-10(17)7-4-2-3-5-8(7)11(15)18/h2-5H,6H2,1H3,(H2,13,14,19). The summed E-state index contributed by atoms with van der Waals surface area (Å²) in [6.07, 6.45) is 0. The summed E-state index contributed by atoms with van der Waals surface area (Å²) < 4.78 is 0. The number of nitrogens with one attached hydrogen (secondary N) is 2. The molecule has 1 aromatic carbocycles. The van der Waals surface area contributed by atoms with E-state index >= 15 is 0 Å². The topological polar surface area (TPSA) is 105 Å². The van der Waals surface area contributed by atoms with Crippen LogP contribution < -0.4 is 10.6 Å². The highest BCUT2D eigenvalue weighted by atomic mass is 16.7. The quantitative estimate of drug-likeness (QED) is 0.736. The van der Waals surface area contributed by atoms with Crippen LogP contribution in [0.5, 0.6) is 0 Å². The van der Waals surface area contributed by atoms with Gasteiger partial charge in [-0.05, 0) is 12.1 Å². The Kier molecular flexibility index (Phi) is 3.65. The molecule has 0 atom stereocenters. The van der Waals surface area contributed by atoms with E-state index in [2.05, 4.69) is 15.5 Å². The van der Waals surface area contributed by atoms with Gasteiger partial charge in [-0.25, -0.2) is 9.59 Å². The minimum absolute atomic E-state index is 0.171. The lowest BCUT2D eigenvalue weighted by Crippen LogP contribution is -2.40. The Labute approximate surface area is 113 Å². The molecule has 1 aromatic rings. The number of benzene rings is 1. The second-order valence-electron chi connectivity index (χ2n) is 3.85. The van der Waals surface area contributed by atoms with Crippen LogP contribution in [0.1, 0.15) is 20.7 Å². The minimum Gasteiger partial charge on any atom is -0.341 e. The monoisotopic (exact) mass is 277 g/mol. The predicted octanol–water partition coefficient (Wildman–Crippen LogP) is -0.330. The van der Waals surface area contributed by atoms with Crippen LogP contribution in [-0.4, -0.2) is 42.5 Å². The van der Waals surface area contributed by atoms with Crippen molar-refractivity contribution in [2.75, 3.05) is 13.6 Å². The summed E-state index contributed by atoms with van der Waals surface area (Å²) in [5, 5.41) is 4.81. The van der Waals surface area contributed by atoms with E-state index in [0.29, 0.717) is 5.06 Å². The first-order valence-electron chi connectivity index (χ1n) is 5.68. The molecule has 104 valence electrons. The number of urea groups is 1. The van der Waals surface area contributed by atoms with Crippen LogP contribution in [0.2, 0.25) is 0 Å². The third-order valence-corrected chi connectivity index (χ3v) is 2.57. The molecule has 0 radical (unpaired) electrons. The molecule has 0 saturated carbocycles. The molecule has 1 aliphatic heterocycles. The number of carbonyl (C=O) groups excluding carboxylic acids is 4. The number of hydrogen-bond acceptors (Lipinski definition) is 5. The van der Waals surface area contributed by atoms with Crippen LogP contribution in [0, 0.1) is 0 Å². The van der Waals surface area contributed by atoms with Crippen molar-refractivity contribution in [2.45, 2.75) is 0 Å². The molecule has 1 aliphatic rings. The summed E-state index contributed by atoms with van der Waals surface area (Å²) in [7, 11) is 1.38. The van der Waals surface area contributed by atoms with E-state index in [0.717, 1.165) is 0 Å². The minimum atomic E-state index is -0.928.